The van der Waals surface area contributed by atoms with Gasteiger partial charge in [0.15, 0.2) is 11.5 Å². The fourth-order valence-electron chi connectivity index (χ4n) is 3.77. The second kappa shape index (κ2) is 6.60. The van der Waals surface area contributed by atoms with Crippen LogP contribution < -0.4 is 14.8 Å². The lowest BCUT2D eigenvalue weighted by Gasteiger charge is -2.37. The largest absolute Gasteiger partial charge is 0.454 e. The Morgan fingerprint density at radius 1 is 1.04 bits per heavy atom. The fraction of sp³-hybridized carbons (Fsp3) is 0.190. The SMILES string of the molecule is O=C(Nc1ccc2c(c1)OCO2)N1CCn2cccc2[C@H]1c1ccc(F)cc1. The quantitative estimate of drug-likeness (QED) is 0.732. The van der Waals surface area contributed by atoms with E-state index in [1.165, 1.54) is 12.1 Å². The summed E-state index contributed by atoms with van der Waals surface area (Å²) in [6.07, 6.45) is 2.00. The van der Waals surface area contributed by atoms with Crippen molar-refractivity contribution < 1.29 is 18.7 Å². The third-order valence-corrected chi connectivity index (χ3v) is 5.11. The van der Waals surface area contributed by atoms with Crippen LogP contribution in [0.2, 0.25) is 0 Å². The van der Waals surface area contributed by atoms with Gasteiger partial charge in [0.25, 0.3) is 0 Å². The summed E-state index contributed by atoms with van der Waals surface area (Å²) < 4.78 is 26.2. The third kappa shape index (κ3) is 2.85. The lowest BCUT2D eigenvalue weighted by Crippen LogP contribution is -2.44. The van der Waals surface area contributed by atoms with Crippen molar-refractivity contribution >= 4 is 11.7 Å². The number of hydrogen-bond donors (Lipinski definition) is 1. The summed E-state index contributed by atoms with van der Waals surface area (Å²) in [5.74, 6) is 0.977. The highest BCUT2D eigenvalue weighted by atomic mass is 19.1. The van der Waals surface area contributed by atoms with Gasteiger partial charge in [-0.15, -0.1) is 0 Å². The van der Waals surface area contributed by atoms with E-state index in [1.807, 2.05) is 18.3 Å². The maximum Gasteiger partial charge on any atom is 0.322 e. The monoisotopic (exact) mass is 379 g/mol. The van der Waals surface area contributed by atoms with Crippen molar-refractivity contribution in [2.75, 3.05) is 18.7 Å². The molecule has 0 unspecified atom stereocenters. The van der Waals surface area contributed by atoms with E-state index in [-0.39, 0.29) is 24.7 Å². The van der Waals surface area contributed by atoms with Crippen LogP contribution in [0.1, 0.15) is 17.3 Å². The fourth-order valence-corrected chi connectivity index (χ4v) is 3.77. The summed E-state index contributed by atoms with van der Waals surface area (Å²) in [6, 6.07) is 15.0. The Morgan fingerprint density at radius 3 is 2.71 bits per heavy atom. The number of benzene rings is 2. The summed E-state index contributed by atoms with van der Waals surface area (Å²) >= 11 is 0. The van der Waals surface area contributed by atoms with E-state index >= 15 is 0 Å². The number of nitrogens with zero attached hydrogens (tertiary/aromatic N) is 2. The number of nitrogens with one attached hydrogen (secondary N) is 1. The highest BCUT2D eigenvalue weighted by Gasteiger charge is 2.32. The van der Waals surface area contributed by atoms with Gasteiger partial charge in [0.1, 0.15) is 5.82 Å². The van der Waals surface area contributed by atoms with Gasteiger partial charge in [0, 0.05) is 36.7 Å². The van der Waals surface area contributed by atoms with Crippen molar-refractivity contribution in [3.8, 4) is 11.5 Å². The molecule has 6 nitrogen and oxygen atoms in total. The minimum absolute atomic E-state index is 0.183. The molecule has 0 radical (unpaired) electrons. The highest BCUT2D eigenvalue weighted by molar-refractivity contribution is 5.90. The predicted molar refractivity (Wildman–Crippen MR) is 101 cm³/mol. The van der Waals surface area contributed by atoms with Crippen molar-refractivity contribution in [3.63, 3.8) is 0 Å². The van der Waals surface area contributed by atoms with Gasteiger partial charge in [-0.25, -0.2) is 9.18 Å². The summed E-state index contributed by atoms with van der Waals surface area (Å²) in [7, 11) is 0. The number of halogens is 1. The zero-order valence-corrected chi connectivity index (χ0v) is 15.0. The van der Waals surface area contributed by atoms with Crippen LogP contribution in [0.15, 0.2) is 60.8 Å². The molecule has 2 aromatic carbocycles. The maximum absolute atomic E-state index is 13.4. The predicted octanol–water partition coefficient (Wildman–Crippen LogP) is 3.99. The molecular formula is C21H18FN3O3. The van der Waals surface area contributed by atoms with Gasteiger partial charge in [-0.2, -0.15) is 0 Å². The van der Waals surface area contributed by atoms with Crippen LogP contribution in [0.3, 0.4) is 0 Å². The Kier molecular flexibility index (Phi) is 3.93. The van der Waals surface area contributed by atoms with Gasteiger partial charge in [-0.05, 0) is 42.0 Å². The zero-order chi connectivity index (χ0) is 19.1. The van der Waals surface area contributed by atoms with Crippen LogP contribution >= 0.6 is 0 Å². The van der Waals surface area contributed by atoms with E-state index in [0.29, 0.717) is 30.3 Å². The van der Waals surface area contributed by atoms with E-state index in [0.717, 1.165) is 11.3 Å². The average Bonchev–Trinajstić information content (AvgIpc) is 3.36. The van der Waals surface area contributed by atoms with Crippen LogP contribution in [0.25, 0.3) is 0 Å². The van der Waals surface area contributed by atoms with Crippen LogP contribution in [0, 0.1) is 5.82 Å². The van der Waals surface area contributed by atoms with E-state index in [4.69, 9.17) is 9.47 Å². The minimum atomic E-state index is -0.300. The Balaban J connectivity index is 1.45. The second-order valence-corrected chi connectivity index (χ2v) is 6.77. The van der Waals surface area contributed by atoms with E-state index in [2.05, 4.69) is 9.88 Å². The number of rotatable bonds is 2. The van der Waals surface area contributed by atoms with Gasteiger partial charge < -0.3 is 24.3 Å². The Hall–Kier alpha value is -3.48. The molecule has 2 aliphatic rings. The molecule has 0 saturated carbocycles. The van der Waals surface area contributed by atoms with Crippen molar-refractivity contribution in [3.05, 3.63) is 77.9 Å². The topological polar surface area (TPSA) is 55.7 Å². The second-order valence-electron chi connectivity index (χ2n) is 6.77. The smallest absolute Gasteiger partial charge is 0.322 e. The van der Waals surface area contributed by atoms with E-state index in [9.17, 15) is 9.18 Å². The Bertz CT molecular complexity index is 1030. The molecule has 7 heteroatoms. The summed E-state index contributed by atoms with van der Waals surface area (Å²) in [6.45, 7) is 1.43. The number of amides is 2. The molecule has 28 heavy (non-hydrogen) atoms. The number of carbonyl (C=O) groups excluding carboxylic acids is 1. The molecule has 1 N–H and O–H groups in total. The third-order valence-electron chi connectivity index (χ3n) is 5.11. The number of ether oxygens (including phenoxy) is 2. The Labute approximate surface area is 161 Å². The van der Waals surface area contributed by atoms with Gasteiger partial charge in [0.2, 0.25) is 6.79 Å². The molecule has 1 atom stereocenters. The standard InChI is InChI=1S/C21H18FN3O3/c22-15-5-3-14(4-6-15)20-17-2-1-9-24(17)10-11-25(20)21(26)23-16-7-8-18-19(12-16)28-13-27-18/h1-9,12,20H,10-11,13H2,(H,23,26)/t20-/m1/s1. The van der Waals surface area contributed by atoms with Gasteiger partial charge >= 0.3 is 6.03 Å². The molecule has 5 rings (SSSR count). The van der Waals surface area contributed by atoms with E-state index < -0.39 is 0 Å². The van der Waals surface area contributed by atoms with Gasteiger partial charge in [-0.3, -0.25) is 0 Å². The average molecular weight is 379 g/mol. The molecule has 0 aliphatic carbocycles. The molecule has 3 aromatic rings. The number of aromatic nitrogens is 1. The zero-order valence-electron chi connectivity index (χ0n) is 15.0. The number of urea groups is 1. The number of hydrogen-bond acceptors (Lipinski definition) is 3. The van der Waals surface area contributed by atoms with Crippen LogP contribution in [0.5, 0.6) is 11.5 Å². The summed E-state index contributed by atoms with van der Waals surface area (Å²) in [4.78, 5) is 14.9. The highest BCUT2D eigenvalue weighted by Crippen LogP contribution is 2.36. The first kappa shape index (κ1) is 16.7. The molecule has 2 amide bonds. The lowest BCUT2D eigenvalue weighted by atomic mass is 10.0. The van der Waals surface area contributed by atoms with Crippen molar-refractivity contribution in [1.29, 1.82) is 0 Å². The molecule has 1 aromatic heterocycles. The van der Waals surface area contributed by atoms with Crippen molar-refractivity contribution in [2.24, 2.45) is 0 Å². The number of anilines is 1. The number of carbonyl (C=O) groups is 1. The molecule has 2 aliphatic heterocycles. The Morgan fingerprint density at radius 2 is 1.86 bits per heavy atom. The lowest BCUT2D eigenvalue weighted by molar-refractivity contribution is 0.174. The molecule has 0 bridgehead atoms. The first-order valence-electron chi connectivity index (χ1n) is 9.07. The molecular weight excluding hydrogens is 361 g/mol. The normalized spacial score (nSPS) is 17.3. The minimum Gasteiger partial charge on any atom is -0.454 e. The van der Waals surface area contributed by atoms with Crippen molar-refractivity contribution in [1.82, 2.24) is 9.47 Å². The van der Waals surface area contributed by atoms with Crippen molar-refractivity contribution in [2.45, 2.75) is 12.6 Å². The van der Waals surface area contributed by atoms with Crippen LogP contribution in [-0.2, 0) is 6.54 Å². The van der Waals surface area contributed by atoms with Crippen LogP contribution in [-0.4, -0.2) is 28.8 Å². The summed E-state index contributed by atoms with van der Waals surface area (Å²) in [5.41, 5.74) is 2.49. The molecule has 0 saturated heterocycles. The molecule has 0 fully saturated rings. The first-order valence-corrected chi connectivity index (χ1v) is 9.07. The van der Waals surface area contributed by atoms with Gasteiger partial charge in [0.05, 0.1) is 6.04 Å². The molecule has 0 spiro atoms. The molecule has 142 valence electrons. The number of fused-ring (bicyclic) bond motifs is 2. The van der Waals surface area contributed by atoms with Gasteiger partial charge in [-0.1, -0.05) is 12.1 Å². The first-order chi connectivity index (χ1) is 13.7. The maximum atomic E-state index is 13.4. The molecule has 3 heterocycles. The summed E-state index contributed by atoms with van der Waals surface area (Å²) in [5, 5.41) is 2.94. The van der Waals surface area contributed by atoms with E-state index in [1.54, 1.807) is 35.2 Å². The van der Waals surface area contributed by atoms with Crippen LogP contribution in [0.4, 0.5) is 14.9 Å².